The van der Waals surface area contributed by atoms with E-state index in [0.717, 1.165) is 39.5 Å². The van der Waals surface area contributed by atoms with E-state index in [1.54, 1.807) is 0 Å². The van der Waals surface area contributed by atoms with Crippen LogP contribution in [0.1, 0.15) is 49.9 Å². The lowest BCUT2D eigenvalue weighted by atomic mass is 9.79. The Balaban J connectivity index is 0.976. The minimum absolute atomic E-state index is 0.0138. The quantitative estimate of drug-likeness (QED) is 0.179. The van der Waals surface area contributed by atoms with Crippen molar-refractivity contribution < 1.29 is 0 Å². The van der Waals surface area contributed by atoms with Gasteiger partial charge in [-0.25, -0.2) is 9.97 Å². The van der Waals surface area contributed by atoms with Gasteiger partial charge in [0.15, 0.2) is 5.82 Å². The molecule has 2 aliphatic rings. The monoisotopic (exact) mass is 692 g/mol. The Morgan fingerprint density at radius 1 is 0.296 bits per heavy atom. The van der Waals surface area contributed by atoms with E-state index in [9.17, 15) is 0 Å². The van der Waals surface area contributed by atoms with Gasteiger partial charge < -0.3 is 0 Å². The highest BCUT2D eigenvalue weighted by molar-refractivity contribution is 5.90. The predicted molar refractivity (Wildman–Crippen MR) is 224 cm³/mol. The summed E-state index contributed by atoms with van der Waals surface area (Å²) in [6, 6.07) is 61.4. The van der Waals surface area contributed by atoms with Gasteiger partial charge in [0.25, 0.3) is 0 Å². The molecule has 7 aromatic carbocycles. The third-order valence-electron chi connectivity index (χ3n) is 11.9. The maximum Gasteiger partial charge on any atom is 0.160 e. The Kier molecular flexibility index (Phi) is 7.22. The first kappa shape index (κ1) is 32.3. The van der Waals surface area contributed by atoms with Crippen molar-refractivity contribution in [2.24, 2.45) is 0 Å². The fourth-order valence-electron chi connectivity index (χ4n) is 8.89. The molecule has 8 aromatic rings. The Labute approximate surface area is 317 Å². The topological polar surface area (TPSA) is 25.8 Å². The first-order valence-corrected chi connectivity index (χ1v) is 18.9. The van der Waals surface area contributed by atoms with Crippen molar-refractivity contribution in [2.75, 3.05) is 0 Å². The van der Waals surface area contributed by atoms with Gasteiger partial charge in [0.2, 0.25) is 0 Å². The highest BCUT2D eigenvalue weighted by Crippen LogP contribution is 2.56. The lowest BCUT2D eigenvalue weighted by Gasteiger charge is -2.24. The zero-order chi connectivity index (χ0) is 36.6. The van der Waals surface area contributed by atoms with Gasteiger partial charge in [-0.2, -0.15) is 0 Å². The van der Waals surface area contributed by atoms with Gasteiger partial charge in [-0.15, -0.1) is 0 Å². The van der Waals surface area contributed by atoms with E-state index in [1.807, 2.05) is 24.3 Å². The summed E-state index contributed by atoms with van der Waals surface area (Å²) >= 11 is 0. The van der Waals surface area contributed by atoms with Crippen LogP contribution in [-0.2, 0) is 10.8 Å². The van der Waals surface area contributed by atoms with Crippen molar-refractivity contribution in [3.05, 3.63) is 192 Å². The van der Waals surface area contributed by atoms with E-state index in [-0.39, 0.29) is 10.8 Å². The first-order chi connectivity index (χ1) is 26.3. The highest BCUT2D eigenvalue weighted by atomic mass is 14.9. The molecule has 0 amide bonds. The van der Waals surface area contributed by atoms with Crippen molar-refractivity contribution in [2.45, 2.75) is 38.5 Å². The Hall–Kier alpha value is -6.38. The van der Waals surface area contributed by atoms with Gasteiger partial charge in [-0.3, -0.25) is 0 Å². The summed E-state index contributed by atoms with van der Waals surface area (Å²) in [6.07, 6.45) is 0. The third-order valence-corrected chi connectivity index (χ3v) is 11.9. The van der Waals surface area contributed by atoms with Crippen molar-refractivity contribution >= 4 is 0 Å². The minimum Gasteiger partial charge on any atom is -0.228 e. The van der Waals surface area contributed by atoms with Gasteiger partial charge in [-0.05, 0) is 97.1 Å². The second kappa shape index (κ2) is 12.1. The summed E-state index contributed by atoms with van der Waals surface area (Å²) in [7, 11) is 0. The van der Waals surface area contributed by atoms with E-state index in [1.165, 1.54) is 61.2 Å². The largest absolute Gasteiger partial charge is 0.228 e. The van der Waals surface area contributed by atoms with E-state index in [4.69, 9.17) is 9.97 Å². The van der Waals surface area contributed by atoms with Crippen LogP contribution in [0, 0.1) is 0 Å². The van der Waals surface area contributed by atoms with Crippen molar-refractivity contribution in [3.63, 3.8) is 0 Å². The van der Waals surface area contributed by atoms with Crippen LogP contribution in [0.4, 0.5) is 0 Å². The standard InChI is InChI=1S/C52H40N2/c1-51(2)44-21-12-11-20-40(44)42-30-47-43(31-46(42)51)41-27-26-38(29-45(41)52(47,3)4)34-24-22-33(23-25-34)37-18-13-19-39(28-37)49-32-48(35-14-7-5-8-15-35)53-50(54-49)36-16-9-6-10-17-36/h5-32H,1-4H3. The fourth-order valence-corrected chi connectivity index (χ4v) is 8.89. The molecule has 0 saturated heterocycles. The molecule has 2 heteroatoms. The molecule has 0 fully saturated rings. The van der Waals surface area contributed by atoms with Gasteiger partial charge in [0, 0.05) is 27.5 Å². The summed E-state index contributed by atoms with van der Waals surface area (Å²) in [6.45, 7) is 9.51. The van der Waals surface area contributed by atoms with Crippen molar-refractivity contribution in [3.8, 4) is 78.4 Å². The zero-order valence-corrected chi connectivity index (χ0v) is 31.1. The molecule has 54 heavy (non-hydrogen) atoms. The number of hydrogen-bond acceptors (Lipinski definition) is 2. The molecule has 2 nitrogen and oxygen atoms in total. The predicted octanol–water partition coefficient (Wildman–Crippen LogP) is 13.4. The maximum absolute atomic E-state index is 5.07. The molecule has 1 heterocycles. The van der Waals surface area contributed by atoms with Gasteiger partial charge in [0.1, 0.15) is 0 Å². The molecular weight excluding hydrogens is 653 g/mol. The molecule has 0 bridgehead atoms. The Morgan fingerprint density at radius 3 is 1.43 bits per heavy atom. The second-order valence-corrected chi connectivity index (χ2v) is 15.9. The van der Waals surface area contributed by atoms with Gasteiger partial charge in [0.05, 0.1) is 11.4 Å². The number of fused-ring (bicyclic) bond motifs is 6. The van der Waals surface area contributed by atoms with E-state index >= 15 is 0 Å². The van der Waals surface area contributed by atoms with Gasteiger partial charge in [-0.1, -0.05) is 167 Å². The summed E-state index contributed by atoms with van der Waals surface area (Å²) in [4.78, 5) is 10.0. The molecule has 0 saturated carbocycles. The molecule has 0 aliphatic heterocycles. The molecule has 258 valence electrons. The molecule has 0 unspecified atom stereocenters. The molecule has 10 rings (SSSR count). The van der Waals surface area contributed by atoms with E-state index in [0.29, 0.717) is 0 Å². The lowest BCUT2D eigenvalue weighted by molar-refractivity contribution is 0.652. The van der Waals surface area contributed by atoms with Crippen LogP contribution in [0.25, 0.3) is 78.4 Å². The summed E-state index contributed by atoms with van der Waals surface area (Å²) in [5, 5.41) is 0. The van der Waals surface area contributed by atoms with Crippen LogP contribution in [0.5, 0.6) is 0 Å². The second-order valence-electron chi connectivity index (χ2n) is 15.9. The molecule has 1 aromatic heterocycles. The Bertz CT molecular complexity index is 2680. The fraction of sp³-hybridized carbons (Fsp3) is 0.115. The van der Waals surface area contributed by atoms with Crippen molar-refractivity contribution in [1.29, 1.82) is 0 Å². The molecule has 0 N–H and O–H groups in total. The smallest absolute Gasteiger partial charge is 0.160 e. The average Bonchev–Trinajstić information content (AvgIpc) is 3.59. The zero-order valence-electron chi connectivity index (χ0n) is 31.1. The minimum atomic E-state index is -0.0977. The SMILES string of the molecule is CC1(C)c2ccccc2-c2cc3c(cc21)-c1ccc(-c2ccc(-c4cccc(-c5cc(-c6ccccc6)nc(-c6ccccc6)n5)c4)cc2)cc1C3(C)C. The molecule has 2 aliphatic carbocycles. The highest BCUT2D eigenvalue weighted by Gasteiger charge is 2.41. The third kappa shape index (κ3) is 5.09. The summed E-state index contributed by atoms with van der Waals surface area (Å²) < 4.78 is 0. The van der Waals surface area contributed by atoms with E-state index < -0.39 is 0 Å². The van der Waals surface area contributed by atoms with Crippen LogP contribution >= 0.6 is 0 Å². The van der Waals surface area contributed by atoms with Crippen LogP contribution in [0.15, 0.2) is 170 Å². The molecule has 0 spiro atoms. The number of benzene rings is 7. The number of rotatable bonds is 5. The molecule has 0 atom stereocenters. The Morgan fingerprint density at radius 2 is 0.759 bits per heavy atom. The summed E-state index contributed by atoms with van der Waals surface area (Å²) in [5.41, 5.74) is 20.8. The number of nitrogens with zero attached hydrogens (tertiary/aromatic N) is 2. The average molecular weight is 693 g/mol. The number of aromatic nitrogens is 2. The van der Waals surface area contributed by atoms with Crippen LogP contribution in [0.3, 0.4) is 0 Å². The normalized spacial score (nSPS) is 14.2. The van der Waals surface area contributed by atoms with Crippen molar-refractivity contribution in [1.82, 2.24) is 9.97 Å². The van der Waals surface area contributed by atoms with Crippen LogP contribution in [0.2, 0.25) is 0 Å². The van der Waals surface area contributed by atoms with Crippen LogP contribution < -0.4 is 0 Å². The van der Waals surface area contributed by atoms with E-state index in [2.05, 4.69) is 173 Å². The lowest BCUT2D eigenvalue weighted by Crippen LogP contribution is -2.17. The van der Waals surface area contributed by atoms with Gasteiger partial charge >= 0.3 is 0 Å². The maximum atomic E-state index is 5.07. The number of hydrogen-bond donors (Lipinski definition) is 0. The summed E-state index contributed by atoms with van der Waals surface area (Å²) in [5.74, 6) is 0.723. The van der Waals surface area contributed by atoms with Crippen LogP contribution in [-0.4, -0.2) is 9.97 Å². The molecular formula is C52H40N2. The molecule has 0 radical (unpaired) electrons. The first-order valence-electron chi connectivity index (χ1n) is 18.9.